The first-order valence-electron chi connectivity index (χ1n) is 9.70. The third-order valence-corrected chi connectivity index (χ3v) is 5.26. The van der Waals surface area contributed by atoms with E-state index in [1.54, 1.807) is 18.2 Å². The lowest BCUT2D eigenvalue weighted by Crippen LogP contribution is -2.25. The summed E-state index contributed by atoms with van der Waals surface area (Å²) in [6.07, 6.45) is 3.87. The number of ketones is 1. The van der Waals surface area contributed by atoms with Gasteiger partial charge < -0.3 is 4.98 Å². The summed E-state index contributed by atoms with van der Waals surface area (Å²) in [5, 5.41) is 9.27. The van der Waals surface area contributed by atoms with Crippen molar-refractivity contribution < 1.29 is 4.79 Å². The fourth-order valence-corrected chi connectivity index (χ4v) is 3.78. The number of rotatable bonds is 6. The Morgan fingerprint density at radius 1 is 1.30 bits per heavy atom. The van der Waals surface area contributed by atoms with Crippen LogP contribution in [0.3, 0.4) is 0 Å². The van der Waals surface area contributed by atoms with Gasteiger partial charge in [0.15, 0.2) is 5.78 Å². The molecule has 0 spiro atoms. The third kappa shape index (κ3) is 3.88. The molecule has 0 aliphatic heterocycles. The van der Waals surface area contributed by atoms with Crippen LogP contribution in [0.5, 0.6) is 0 Å². The van der Waals surface area contributed by atoms with Gasteiger partial charge >= 0.3 is 0 Å². The molecule has 4 nitrogen and oxygen atoms in total. The molecule has 1 aromatic carbocycles. The van der Waals surface area contributed by atoms with Crippen LogP contribution in [-0.2, 0) is 12.8 Å². The zero-order valence-corrected chi connectivity index (χ0v) is 16.5. The number of nitrogens with one attached hydrogen (secondary N) is 1. The monoisotopic (exact) mass is 362 g/mol. The van der Waals surface area contributed by atoms with Gasteiger partial charge in [-0.1, -0.05) is 20.8 Å². The summed E-state index contributed by atoms with van der Waals surface area (Å²) in [6, 6.07) is 7.33. The van der Waals surface area contributed by atoms with Gasteiger partial charge in [-0.25, -0.2) is 0 Å². The van der Waals surface area contributed by atoms with E-state index in [0.29, 0.717) is 34.6 Å². The van der Waals surface area contributed by atoms with Crippen LogP contribution in [0, 0.1) is 24.2 Å². The molecule has 3 rings (SSSR count). The van der Waals surface area contributed by atoms with Crippen molar-refractivity contribution in [2.45, 2.75) is 59.3 Å². The first kappa shape index (κ1) is 19.1. The molecule has 0 amide bonds. The number of hydrogen-bond donors (Lipinski definition) is 1. The van der Waals surface area contributed by atoms with Crippen molar-refractivity contribution in [3.8, 4) is 6.07 Å². The predicted molar refractivity (Wildman–Crippen MR) is 106 cm³/mol. The molecule has 2 aromatic rings. The summed E-state index contributed by atoms with van der Waals surface area (Å²) in [5.74, 6) is 0.395. The van der Waals surface area contributed by atoms with E-state index in [1.807, 2.05) is 27.7 Å². The van der Waals surface area contributed by atoms with E-state index in [-0.39, 0.29) is 17.3 Å². The molecule has 27 heavy (non-hydrogen) atoms. The van der Waals surface area contributed by atoms with Gasteiger partial charge in [-0.2, -0.15) is 5.26 Å². The Labute approximate surface area is 160 Å². The normalized spacial score (nSPS) is 13.6. The highest BCUT2D eigenvalue weighted by Crippen LogP contribution is 2.36. The fraction of sp³-hybridized carbons (Fsp3) is 0.435. The zero-order chi connectivity index (χ0) is 19.7. The Morgan fingerprint density at radius 2 is 2.00 bits per heavy atom. The topological polar surface area (TPSA) is 73.7 Å². The Morgan fingerprint density at radius 3 is 2.56 bits per heavy atom. The number of pyridine rings is 1. The van der Waals surface area contributed by atoms with Crippen LogP contribution in [0.1, 0.15) is 83.4 Å². The quantitative estimate of drug-likeness (QED) is 0.773. The fourth-order valence-electron chi connectivity index (χ4n) is 3.78. The molecule has 140 valence electrons. The summed E-state index contributed by atoms with van der Waals surface area (Å²) in [4.78, 5) is 29.4. The van der Waals surface area contributed by atoms with Crippen LogP contribution in [0.25, 0.3) is 0 Å². The second kappa shape index (κ2) is 7.52. The third-order valence-electron chi connectivity index (χ3n) is 5.26. The molecule has 1 fully saturated rings. The molecule has 1 saturated carbocycles. The van der Waals surface area contributed by atoms with E-state index in [9.17, 15) is 14.9 Å². The molecule has 1 heterocycles. The van der Waals surface area contributed by atoms with Crippen LogP contribution >= 0.6 is 0 Å². The van der Waals surface area contributed by atoms with Gasteiger partial charge in [0.25, 0.3) is 5.56 Å². The standard InChI is InChI=1S/C23H26N2O2/c1-5-19-18(11-15-6-7-15)21(20(13(2)3)23(27)25-19)22(26)17-9-14(4)8-16(10-17)12-24/h8-10,13,15H,5-7,11H2,1-4H3,(H,25,27). The van der Waals surface area contributed by atoms with E-state index < -0.39 is 0 Å². The number of carbonyl (C=O) groups is 1. The summed E-state index contributed by atoms with van der Waals surface area (Å²) in [7, 11) is 0. The molecule has 0 atom stereocenters. The lowest BCUT2D eigenvalue weighted by molar-refractivity contribution is 0.103. The van der Waals surface area contributed by atoms with Gasteiger partial charge in [-0.3, -0.25) is 9.59 Å². The molecule has 1 aliphatic rings. The van der Waals surface area contributed by atoms with Gasteiger partial charge in [0, 0.05) is 22.4 Å². The number of aryl methyl sites for hydroxylation is 2. The first-order valence-corrected chi connectivity index (χ1v) is 9.70. The largest absolute Gasteiger partial charge is 0.326 e. The average Bonchev–Trinajstić information content (AvgIpc) is 3.44. The van der Waals surface area contributed by atoms with Crippen molar-refractivity contribution in [3.63, 3.8) is 0 Å². The van der Waals surface area contributed by atoms with Gasteiger partial charge in [-0.05, 0) is 73.8 Å². The average molecular weight is 362 g/mol. The van der Waals surface area contributed by atoms with Crippen molar-refractivity contribution in [2.75, 3.05) is 0 Å². The van der Waals surface area contributed by atoms with Crippen LogP contribution in [0.2, 0.25) is 0 Å². The second-order valence-corrected chi connectivity index (χ2v) is 7.88. The Hall–Kier alpha value is -2.67. The number of aromatic nitrogens is 1. The van der Waals surface area contributed by atoms with E-state index in [2.05, 4.69) is 11.1 Å². The number of nitrogens with zero attached hydrogens (tertiary/aromatic N) is 1. The van der Waals surface area contributed by atoms with Gasteiger partial charge in [0.2, 0.25) is 0 Å². The smallest absolute Gasteiger partial charge is 0.252 e. The molecular formula is C23H26N2O2. The lowest BCUT2D eigenvalue weighted by atomic mass is 9.86. The maximum atomic E-state index is 13.6. The van der Waals surface area contributed by atoms with Crippen molar-refractivity contribution >= 4 is 5.78 Å². The van der Waals surface area contributed by atoms with Crippen molar-refractivity contribution in [3.05, 3.63) is 67.6 Å². The Bertz CT molecular complexity index is 989. The van der Waals surface area contributed by atoms with Crippen molar-refractivity contribution in [1.29, 1.82) is 5.26 Å². The highest BCUT2D eigenvalue weighted by molar-refractivity contribution is 6.11. The molecule has 1 N–H and O–H groups in total. The highest BCUT2D eigenvalue weighted by Gasteiger charge is 2.30. The van der Waals surface area contributed by atoms with Crippen LogP contribution in [0.4, 0.5) is 0 Å². The SMILES string of the molecule is CCc1[nH]c(=O)c(C(C)C)c(C(=O)c2cc(C)cc(C#N)c2)c1CC1CC1. The number of nitriles is 1. The highest BCUT2D eigenvalue weighted by atomic mass is 16.1. The van der Waals surface area contributed by atoms with E-state index >= 15 is 0 Å². The Balaban J connectivity index is 2.27. The second-order valence-electron chi connectivity index (χ2n) is 7.88. The summed E-state index contributed by atoms with van der Waals surface area (Å²) < 4.78 is 0. The summed E-state index contributed by atoms with van der Waals surface area (Å²) in [6.45, 7) is 7.78. The molecule has 1 aromatic heterocycles. The number of carbonyl (C=O) groups excluding carboxylic acids is 1. The minimum Gasteiger partial charge on any atom is -0.326 e. The summed E-state index contributed by atoms with van der Waals surface area (Å²) >= 11 is 0. The molecule has 1 aliphatic carbocycles. The van der Waals surface area contributed by atoms with Crippen LogP contribution in [0.15, 0.2) is 23.0 Å². The number of H-pyrrole nitrogens is 1. The van der Waals surface area contributed by atoms with Gasteiger partial charge in [-0.15, -0.1) is 0 Å². The lowest BCUT2D eigenvalue weighted by Gasteiger charge is -2.19. The zero-order valence-electron chi connectivity index (χ0n) is 16.5. The maximum absolute atomic E-state index is 13.6. The Kier molecular flexibility index (Phi) is 5.32. The van der Waals surface area contributed by atoms with E-state index in [0.717, 1.165) is 23.2 Å². The van der Waals surface area contributed by atoms with E-state index in [4.69, 9.17) is 0 Å². The minimum atomic E-state index is -0.169. The maximum Gasteiger partial charge on any atom is 0.252 e. The number of benzene rings is 1. The van der Waals surface area contributed by atoms with Crippen molar-refractivity contribution in [2.24, 2.45) is 5.92 Å². The van der Waals surface area contributed by atoms with Crippen molar-refractivity contribution in [1.82, 2.24) is 4.98 Å². The molecule has 0 unspecified atom stereocenters. The van der Waals surface area contributed by atoms with Gasteiger partial charge in [0.05, 0.1) is 11.6 Å². The van der Waals surface area contributed by atoms with Crippen LogP contribution in [-0.4, -0.2) is 10.8 Å². The minimum absolute atomic E-state index is 0.0585. The molecular weight excluding hydrogens is 336 g/mol. The number of aromatic amines is 1. The predicted octanol–water partition coefficient (Wildman–Crippen LogP) is 4.42. The molecule has 0 saturated heterocycles. The number of hydrogen-bond acceptors (Lipinski definition) is 3. The molecule has 0 bridgehead atoms. The van der Waals surface area contributed by atoms with Crippen LogP contribution < -0.4 is 5.56 Å². The van der Waals surface area contributed by atoms with E-state index in [1.165, 1.54) is 12.8 Å². The molecule has 4 heteroatoms. The summed E-state index contributed by atoms with van der Waals surface area (Å²) in [5.41, 5.74) is 4.64. The first-order chi connectivity index (χ1) is 12.8. The van der Waals surface area contributed by atoms with Gasteiger partial charge in [0.1, 0.15) is 0 Å². The molecule has 0 radical (unpaired) electrons.